The fraction of sp³-hybridized carbons (Fsp3) is 0.333. The van der Waals surface area contributed by atoms with E-state index >= 15 is 0 Å². The molecule has 0 aliphatic heterocycles. The second-order valence-corrected chi connectivity index (χ2v) is 2.83. The highest BCUT2D eigenvalue weighted by Gasteiger charge is 1.82. The van der Waals surface area contributed by atoms with Crippen LogP contribution in [0.1, 0.15) is 25.7 Å². The monoisotopic (exact) mass is 159 g/mol. The minimum atomic E-state index is 1.15. The van der Waals surface area contributed by atoms with Crippen LogP contribution in [0.25, 0.3) is 0 Å². The third kappa shape index (κ3) is 4.73. The van der Waals surface area contributed by atoms with Gasteiger partial charge in [-0.25, -0.2) is 0 Å². The standard InChI is InChI=1S/C12H15/c1-2-4-6-8-10-12-11-9-7-5-3-1/h1-6,10H,7,9,11-12H2/b2-1+,5-3+,6-4+,10-8?. The Balaban J connectivity index is 2.43. The Morgan fingerprint density at radius 2 is 1.67 bits per heavy atom. The highest BCUT2D eigenvalue weighted by atomic mass is 13.9. The number of hydrogen-bond donors (Lipinski definition) is 0. The molecule has 0 unspecified atom stereocenters. The van der Waals surface area contributed by atoms with Crippen molar-refractivity contribution >= 4 is 0 Å². The van der Waals surface area contributed by atoms with Crippen LogP contribution >= 0.6 is 0 Å². The van der Waals surface area contributed by atoms with Crippen molar-refractivity contribution < 1.29 is 0 Å². The average Bonchev–Trinajstić information content (AvgIpc) is 2.05. The molecule has 0 heterocycles. The second-order valence-electron chi connectivity index (χ2n) is 2.83. The predicted octanol–water partition coefficient (Wildman–Crippen LogP) is 3.59. The van der Waals surface area contributed by atoms with Gasteiger partial charge in [0.15, 0.2) is 0 Å². The molecule has 0 atom stereocenters. The summed E-state index contributed by atoms with van der Waals surface area (Å²) in [6.07, 6.45) is 22.5. The molecule has 12 heavy (non-hydrogen) atoms. The van der Waals surface area contributed by atoms with E-state index in [1.54, 1.807) is 0 Å². The van der Waals surface area contributed by atoms with Gasteiger partial charge < -0.3 is 0 Å². The summed E-state index contributed by atoms with van der Waals surface area (Å²) >= 11 is 0. The lowest BCUT2D eigenvalue weighted by Crippen LogP contribution is -1.72. The summed E-state index contributed by atoms with van der Waals surface area (Å²) < 4.78 is 0. The van der Waals surface area contributed by atoms with Gasteiger partial charge in [-0.1, -0.05) is 42.5 Å². The Labute approximate surface area is 75.0 Å². The van der Waals surface area contributed by atoms with Gasteiger partial charge in [0.1, 0.15) is 0 Å². The van der Waals surface area contributed by atoms with E-state index in [9.17, 15) is 0 Å². The molecule has 1 aliphatic rings. The highest BCUT2D eigenvalue weighted by molar-refractivity contribution is 5.13. The molecule has 63 valence electrons. The van der Waals surface area contributed by atoms with Crippen molar-refractivity contribution in [3.63, 3.8) is 0 Å². The smallest absolute Gasteiger partial charge is 0.0227 e. The zero-order chi connectivity index (χ0) is 8.49. The second kappa shape index (κ2) is 6.66. The quantitative estimate of drug-likeness (QED) is 0.506. The molecular weight excluding hydrogens is 144 g/mol. The molecule has 0 heteroatoms. The van der Waals surface area contributed by atoms with Crippen LogP contribution in [0.15, 0.2) is 42.5 Å². The van der Waals surface area contributed by atoms with Crippen LogP contribution in [-0.4, -0.2) is 0 Å². The third-order valence-electron chi connectivity index (χ3n) is 1.75. The number of rotatable bonds is 0. The SMILES string of the molecule is [C]1=C\CCCC/C=C/C=C/C=C/1. The molecule has 1 rings (SSSR count). The van der Waals surface area contributed by atoms with E-state index in [-0.39, 0.29) is 0 Å². The fourth-order valence-electron chi connectivity index (χ4n) is 1.07. The third-order valence-corrected chi connectivity index (χ3v) is 1.75. The number of hydrogen-bond acceptors (Lipinski definition) is 0. The van der Waals surface area contributed by atoms with E-state index in [4.69, 9.17) is 0 Å². The van der Waals surface area contributed by atoms with Gasteiger partial charge in [-0.05, 0) is 31.8 Å². The molecule has 1 aliphatic carbocycles. The Morgan fingerprint density at radius 3 is 2.67 bits per heavy atom. The predicted molar refractivity (Wildman–Crippen MR) is 53.7 cm³/mol. The van der Waals surface area contributed by atoms with Crippen LogP contribution in [0.5, 0.6) is 0 Å². The maximum atomic E-state index is 3.12. The van der Waals surface area contributed by atoms with E-state index < -0.39 is 0 Å². The molecule has 0 fully saturated rings. The Hall–Kier alpha value is -1.04. The van der Waals surface area contributed by atoms with Crippen molar-refractivity contribution in [2.24, 2.45) is 0 Å². The van der Waals surface area contributed by atoms with Crippen LogP contribution < -0.4 is 0 Å². The van der Waals surface area contributed by atoms with Crippen LogP contribution in [0.2, 0.25) is 0 Å². The fourth-order valence-corrected chi connectivity index (χ4v) is 1.07. The Morgan fingerprint density at radius 1 is 0.833 bits per heavy atom. The first kappa shape index (κ1) is 9.05. The molecule has 0 bridgehead atoms. The minimum Gasteiger partial charge on any atom is -0.0845 e. The first-order valence-electron chi connectivity index (χ1n) is 4.56. The topological polar surface area (TPSA) is 0 Å². The van der Waals surface area contributed by atoms with Crippen molar-refractivity contribution in [2.45, 2.75) is 25.7 Å². The van der Waals surface area contributed by atoms with Crippen LogP contribution in [0.3, 0.4) is 0 Å². The zero-order valence-corrected chi connectivity index (χ0v) is 7.37. The summed E-state index contributed by atoms with van der Waals surface area (Å²) in [6, 6.07) is 0. The highest BCUT2D eigenvalue weighted by Crippen LogP contribution is 2.02. The first-order valence-corrected chi connectivity index (χ1v) is 4.56. The molecule has 0 spiro atoms. The summed E-state index contributed by atoms with van der Waals surface area (Å²) in [5.74, 6) is 0. The lowest BCUT2D eigenvalue weighted by molar-refractivity contribution is 0.761. The van der Waals surface area contributed by atoms with Gasteiger partial charge in [0.25, 0.3) is 0 Å². The number of allylic oxidation sites excluding steroid dienone is 8. The van der Waals surface area contributed by atoms with Crippen molar-refractivity contribution in [3.05, 3.63) is 48.6 Å². The van der Waals surface area contributed by atoms with Gasteiger partial charge in [0, 0.05) is 0 Å². The first-order chi connectivity index (χ1) is 6.00. The van der Waals surface area contributed by atoms with E-state index in [0.717, 1.165) is 6.42 Å². The van der Waals surface area contributed by atoms with Crippen molar-refractivity contribution in [2.75, 3.05) is 0 Å². The maximum Gasteiger partial charge on any atom is -0.0227 e. The largest absolute Gasteiger partial charge is 0.0845 e. The van der Waals surface area contributed by atoms with Gasteiger partial charge >= 0.3 is 0 Å². The van der Waals surface area contributed by atoms with Crippen molar-refractivity contribution in [1.82, 2.24) is 0 Å². The molecule has 0 nitrogen and oxygen atoms in total. The summed E-state index contributed by atoms with van der Waals surface area (Å²) in [6.45, 7) is 0. The van der Waals surface area contributed by atoms with Gasteiger partial charge in [-0.3, -0.25) is 0 Å². The maximum absolute atomic E-state index is 3.12. The Bertz CT molecular complexity index is 180. The Kier molecular flexibility index (Phi) is 5.02. The zero-order valence-electron chi connectivity index (χ0n) is 7.37. The molecule has 0 aromatic rings. The van der Waals surface area contributed by atoms with Crippen molar-refractivity contribution in [3.8, 4) is 0 Å². The molecule has 0 N–H and O–H groups in total. The minimum absolute atomic E-state index is 1.15. The van der Waals surface area contributed by atoms with Gasteiger partial charge in [0.2, 0.25) is 0 Å². The van der Waals surface area contributed by atoms with Gasteiger partial charge in [-0.15, -0.1) is 0 Å². The molecular formula is C12H15. The van der Waals surface area contributed by atoms with E-state index in [1.165, 1.54) is 19.3 Å². The lowest BCUT2D eigenvalue weighted by Gasteiger charge is -1.92. The molecule has 0 aromatic carbocycles. The molecule has 0 aromatic heterocycles. The lowest BCUT2D eigenvalue weighted by atomic mass is 10.1. The summed E-state index contributed by atoms with van der Waals surface area (Å²) in [5.41, 5.74) is 0. The van der Waals surface area contributed by atoms with Gasteiger partial charge in [0.05, 0.1) is 0 Å². The van der Waals surface area contributed by atoms with E-state index in [0.29, 0.717) is 0 Å². The summed E-state index contributed by atoms with van der Waals surface area (Å²) in [4.78, 5) is 0. The van der Waals surface area contributed by atoms with Crippen molar-refractivity contribution in [1.29, 1.82) is 0 Å². The molecule has 0 saturated carbocycles. The van der Waals surface area contributed by atoms with Crippen LogP contribution in [0, 0.1) is 6.08 Å². The molecule has 0 saturated heterocycles. The summed E-state index contributed by atoms with van der Waals surface area (Å²) in [5, 5.41) is 0. The summed E-state index contributed by atoms with van der Waals surface area (Å²) in [7, 11) is 0. The molecule has 0 amide bonds. The average molecular weight is 159 g/mol. The molecule has 1 radical (unpaired) electrons. The van der Waals surface area contributed by atoms with Gasteiger partial charge in [-0.2, -0.15) is 0 Å². The van der Waals surface area contributed by atoms with Crippen LogP contribution in [0.4, 0.5) is 0 Å². The normalized spacial score (nSPS) is 29.3. The van der Waals surface area contributed by atoms with E-state index in [1.807, 2.05) is 18.2 Å². The van der Waals surface area contributed by atoms with Crippen LogP contribution in [-0.2, 0) is 0 Å². The van der Waals surface area contributed by atoms with E-state index in [2.05, 4.69) is 30.4 Å².